The number of aromatic nitrogens is 6. The highest BCUT2D eigenvalue weighted by Crippen LogP contribution is 2.33. The number of hydrogen-bond donors (Lipinski definition) is 3. The molecule has 3 N–H and O–H groups in total. The van der Waals surface area contributed by atoms with Crippen molar-refractivity contribution in [1.29, 1.82) is 0 Å². The Morgan fingerprint density at radius 3 is 2.10 bits per heavy atom. The van der Waals surface area contributed by atoms with Crippen LogP contribution in [0.1, 0.15) is 31.4 Å². The van der Waals surface area contributed by atoms with Crippen LogP contribution in [0.2, 0.25) is 0 Å². The summed E-state index contributed by atoms with van der Waals surface area (Å²) in [6.07, 6.45) is 5.87. The monoisotopic (exact) mass is 580 g/mol. The number of anilines is 2. The number of rotatable bonds is 8. The molecule has 3 aromatic heterocycles. The number of sulfone groups is 1. The number of fused-ring (bicyclic) bond motifs is 1. The molecule has 1 aromatic carbocycles. The normalized spacial score (nSPS) is 15.3. The van der Waals surface area contributed by atoms with Gasteiger partial charge in [-0.1, -0.05) is 0 Å². The fourth-order valence-electron chi connectivity index (χ4n) is 4.73. The zero-order valence-corrected chi connectivity index (χ0v) is 23.4. The second-order valence-corrected chi connectivity index (χ2v) is 12.6. The van der Waals surface area contributed by atoms with Gasteiger partial charge >= 0.3 is 5.69 Å². The first-order valence-corrected chi connectivity index (χ1v) is 15.0. The second kappa shape index (κ2) is 9.54. The van der Waals surface area contributed by atoms with E-state index in [1.165, 1.54) is 29.4 Å². The minimum absolute atomic E-state index is 0.00910. The number of carbonyl (C=O) groups is 2. The Hall–Kier alpha value is -4.53. The van der Waals surface area contributed by atoms with Crippen molar-refractivity contribution in [1.82, 2.24) is 28.7 Å². The summed E-state index contributed by atoms with van der Waals surface area (Å²) in [4.78, 5) is 62.5. The predicted octanol–water partition coefficient (Wildman–Crippen LogP) is 0.973. The summed E-state index contributed by atoms with van der Waals surface area (Å²) in [5.74, 6) is 0.235. The summed E-state index contributed by atoms with van der Waals surface area (Å²) < 4.78 is 27.8. The van der Waals surface area contributed by atoms with Gasteiger partial charge in [0.05, 0.1) is 18.4 Å². The van der Waals surface area contributed by atoms with Gasteiger partial charge in [0.15, 0.2) is 11.2 Å². The maximum Gasteiger partial charge on any atom is 0.332 e. The molecule has 0 saturated heterocycles. The van der Waals surface area contributed by atoms with E-state index in [1.54, 1.807) is 18.2 Å². The quantitative estimate of drug-likeness (QED) is 0.275. The van der Waals surface area contributed by atoms with Crippen LogP contribution in [0.3, 0.4) is 0 Å². The Kier molecular flexibility index (Phi) is 6.21. The lowest BCUT2D eigenvalue weighted by atomic mass is 10.1. The van der Waals surface area contributed by atoms with Crippen LogP contribution >= 0.6 is 0 Å². The number of nitrogens with zero attached hydrogens (tertiary/aromatic N) is 5. The Bertz CT molecular complexity index is 1930. The van der Waals surface area contributed by atoms with E-state index in [0.29, 0.717) is 28.5 Å². The number of aromatic amines is 1. The lowest BCUT2D eigenvalue weighted by Crippen LogP contribution is -2.39. The third-order valence-corrected chi connectivity index (χ3v) is 8.27. The Balaban J connectivity index is 1.37. The molecule has 6 rings (SSSR count). The van der Waals surface area contributed by atoms with E-state index >= 15 is 0 Å². The van der Waals surface area contributed by atoms with E-state index in [2.05, 4.69) is 25.6 Å². The lowest BCUT2D eigenvalue weighted by Gasteiger charge is -2.11. The highest BCUT2D eigenvalue weighted by atomic mass is 32.2. The van der Waals surface area contributed by atoms with E-state index in [4.69, 9.17) is 0 Å². The predicted molar refractivity (Wildman–Crippen MR) is 149 cm³/mol. The van der Waals surface area contributed by atoms with Gasteiger partial charge in [-0.15, -0.1) is 0 Å². The molecular weight excluding hydrogens is 552 g/mol. The first-order valence-electron chi connectivity index (χ1n) is 13.1. The lowest BCUT2D eigenvalue weighted by molar-refractivity contribution is -0.118. The number of carbonyl (C=O) groups excluding carboxylic acids is 2. The summed E-state index contributed by atoms with van der Waals surface area (Å²) in [5.41, 5.74) is 0.668. The van der Waals surface area contributed by atoms with Crippen molar-refractivity contribution < 1.29 is 18.0 Å². The number of benzene rings is 1. The molecular formula is C26H28N8O6S. The van der Waals surface area contributed by atoms with E-state index in [-0.39, 0.29) is 46.5 Å². The molecule has 0 unspecified atom stereocenters. The van der Waals surface area contributed by atoms with Crippen molar-refractivity contribution in [2.24, 2.45) is 25.9 Å². The number of hydrogen-bond acceptors (Lipinski definition) is 8. The van der Waals surface area contributed by atoms with Crippen LogP contribution in [0.5, 0.6) is 0 Å². The molecule has 3 heterocycles. The van der Waals surface area contributed by atoms with Crippen LogP contribution in [-0.2, 0) is 40.1 Å². The van der Waals surface area contributed by atoms with Crippen LogP contribution in [0.4, 0.5) is 11.4 Å². The molecule has 0 bridgehead atoms. The molecule has 15 heteroatoms. The van der Waals surface area contributed by atoms with E-state index in [1.807, 2.05) is 0 Å². The van der Waals surface area contributed by atoms with Crippen LogP contribution < -0.4 is 21.9 Å². The fraction of sp³-hybridized carbons (Fsp3) is 0.385. The molecule has 14 nitrogen and oxygen atoms in total. The van der Waals surface area contributed by atoms with Gasteiger partial charge in [-0.05, 0) is 43.9 Å². The number of amides is 2. The molecule has 0 radical (unpaired) electrons. The summed E-state index contributed by atoms with van der Waals surface area (Å²) >= 11 is 0. The maximum atomic E-state index is 13.1. The fourth-order valence-corrected chi connectivity index (χ4v) is 5.57. The van der Waals surface area contributed by atoms with Crippen molar-refractivity contribution >= 4 is 44.2 Å². The average molecular weight is 581 g/mol. The SMILES string of the molecule is Cn1c(=O)c2c(nc(S(C)(=O)=O)n2C)n(Cc2cnc(-c3cc(NC(=O)C4CC4)cc(NC(=O)C4CC4)c3)[nH]2)c1=O. The number of aryl methyl sites for hydroxylation is 1. The molecule has 0 spiro atoms. The third kappa shape index (κ3) is 5.08. The van der Waals surface area contributed by atoms with Gasteiger partial charge in [-0.25, -0.2) is 18.2 Å². The topological polar surface area (TPSA) is 183 Å². The van der Waals surface area contributed by atoms with Gasteiger partial charge in [-0.2, -0.15) is 4.98 Å². The summed E-state index contributed by atoms with van der Waals surface area (Å²) in [7, 11) is -1.06. The van der Waals surface area contributed by atoms with E-state index in [9.17, 15) is 27.6 Å². The highest BCUT2D eigenvalue weighted by Gasteiger charge is 2.31. The number of H-pyrrole nitrogens is 1. The molecule has 2 fully saturated rings. The van der Waals surface area contributed by atoms with Gasteiger partial charge in [0.1, 0.15) is 5.82 Å². The van der Waals surface area contributed by atoms with Crippen molar-refractivity contribution in [2.75, 3.05) is 16.9 Å². The number of nitrogens with one attached hydrogen (secondary N) is 3. The van der Waals surface area contributed by atoms with E-state index in [0.717, 1.165) is 36.5 Å². The highest BCUT2D eigenvalue weighted by molar-refractivity contribution is 7.90. The van der Waals surface area contributed by atoms with Crippen molar-refractivity contribution in [3.8, 4) is 11.4 Å². The molecule has 2 amide bonds. The zero-order chi connectivity index (χ0) is 29.2. The third-order valence-electron chi connectivity index (χ3n) is 7.24. The largest absolute Gasteiger partial charge is 0.340 e. The Morgan fingerprint density at radius 1 is 0.976 bits per heavy atom. The van der Waals surface area contributed by atoms with Gasteiger partial charge < -0.3 is 20.2 Å². The zero-order valence-electron chi connectivity index (χ0n) is 22.6. The second-order valence-electron chi connectivity index (χ2n) is 10.7. The summed E-state index contributed by atoms with van der Waals surface area (Å²) in [6.45, 7) is -0.0833. The molecule has 2 saturated carbocycles. The molecule has 0 atom stereocenters. The maximum absolute atomic E-state index is 13.1. The van der Waals surface area contributed by atoms with Crippen molar-refractivity contribution in [3.63, 3.8) is 0 Å². The van der Waals surface area contributed by atoms with Crippen LogP contribution in [0, 0.1) is 11.8 Å². The van der Waals surface area contributed by atoms with Crippen LogP contribution in [0.25, 0.3) is 22.6 Å². The van der Waals surface area contributed by atoms with Gasteiger partial charge in [-0.3, -0.25) is 23.5 Å². The Labute approximate surface area is 233 Å². The van der Waals surface area contributed by atoms with Crippen molar-refractivity contribution in [2.45, 2.75) is 37.4 Å². The Morgan fingerprint density at radius 2 is 1.56 bits per heavy atom. The first-order chi connectivity index (χ1) is 19.4. The van der Waals surface area contributed by atoms with Gasteiger partial charge in [0.25, 0.3) is 5.56 Å². The van der Waals surface area contributed by atoms with Crippen molar-refractivity contribution in [3.05, 3.63) is 50.9 Å². The summed E-state index contributed by atoms with van der Waals surface area (Å²) in [5, 5.41) is 5.48. The molecule has 4 aromatic rings. The van der Waals surface area contributed by atoms with E-state index < -0.39 is 21.1 Å². The molecule has 214 valence electrons. The van der Waals surface area contributed by atoms with Crippen LogP contribution in [-0.4, -0.2) is 55.1 Å². The molecule has 2 aliphatic rings. The molecule has 41 heavy (non-hydrogen) atoms. The average Bonchev–Trinajstić information content (AvgIpc) is 3.84. The standard InChI is InChI=1S/C26H28N8O6S/c1-32-19-21(31-25(32)41(3,39)40)34(26(38)33(2)24(19)37)12-18-11-27-20(28-18)15-8-16(29-22(35)13-4-5-13)10-17(9-15)30-23(36)14-6-7-14/h8-11,13-14H,4-7,12H2,1-3H3,(H,27,28)(H,29,35)(H,30,36). The minimum Gasteiger partial charge on any atom is -0.340 e. The smallest absolute Gasteiger partial charge is 0.332 e. The first kappa shape index (κ1) is 26.7. The summed E-state index contributed by atoms with van der Waals surface area (Å²) in [6, 6.07) is 5.18. The number of imidazole rings is 2. The van der Waals surface area contributed by atoms with Gasteiger partial charge in [0.2, 0.25) is 26.8 Å². The minimum atomic E-state index is -3.78. The molecule has 0 aliphatic heterocycles. The van der Waals surface area contributed by atoms with Gasteiger partial charge in [0, 0.05) is 49.1 Å². The van der Waals surface area contributed by atoms with Crippen LogP contribution in [0.15, 0.2) is 39.1 Å². The molecule has 2 aliphatic carbocycles.